The fourth-order valence-corrected chi connectivity index (χ4v) is 3.53. The summed E-state index contributed by atoms with van der Waals surface area (Å²) in [5, 5.41) is 11.7. The van der Waals surface area contributed by atoms with Crippen LogP contribution in [-0.4, -0.2) is 31.1 Å². The first-order valence-electron chi connectivity index (χ1n) is 8.25. The highest BCUT2D eigenvalue weighted by atomic mass is 35.5. The lowest BCUT2D eigenvalue weighted by Crippen LogP contribution is -3.27. The van der Waals surface area contributed by atoms with E-state index in [1.807, 2.05) is 6.07 Å². The maximum Gasteiger partial charge on any atom is 0.278 e. The molecule has 0 amide bonds. The zero-order valence-corrected chi connectivity index (χ0v) is 14.3. The van der Waals surface area contributed by atoms with E-state index in [2.05, 4.69) is 24.3 Å². The lowest BCUT2D eigenvalue weighted by Gasteiger charge is -2.29. The molecule has 1 heterocycles. The largest absolute Gasteiger partial charge is 0.322 e. The van der Waals surface area contributed by atoms with Crippen LogP contribution in [0.4, 0.5) is 5.69 Å². The second kappa shape index (κ2) is 7.75. The maximum absolute atomic E-state index is 11.2. The smallest absolute Gasteiger partial charge is 0.278 e. The van der Waals surface area contributed by atoms with E-state index in [-0.39, 0.29) is 10.6 Å². The summed E-state index contributed by atoms with van der Waals surface area (Å²) in [7, 11) is 0. The number of piperazine rings is 1. The first-order valence-corrected chi connectivity index (χ1v) is 8.63. The molecule has 0 bridgehead atoms. The zero-order valence-electron chi connectivity index (χ0n) is 13.5. The minimum absolute atomic E-state index is 0.172. The molecule has 2 N–H and O–H groups in total. The first kappa shape index (κ1) is 16.9. The lowest BCUT2D eigenvalue weighted by molar-refractivity contribution is -1.02. The van der Waals surface area contributed by atoms with Gasteiger partial charge in [0.2, 0.25) is 0 Å². The zero-order chi connectivity index (χ0) is 16.9. The Morgan fingerprint density at radius 2 is 1.58 bits per heavy atom. The molecule has 3 rings (SSSR count). The van der Waals surface area contributed by atoms with Gasteiger partial charge in [0.15, 0.2) is 0 Å². The SMILES string of the molecule is O=[N+]([O-])c1ccc(Cl)cc1C[NH+]1CC[NH+](Cc2ccccc2)CC1. The molecule has 2 aromatic rings. The number of hydrogen-bond donors (Lipinski definition) is 2. The second-order valence-electron chi connectivity index (χ2n) is 6.37. The number of hydrogen-bond acceptors (Lipinski definition) is 2. The summed E-state index contributed by atoms with van der Waals surface area (Å²) in [5.41, 5.74) is 2.27. The number of nitro groups is 1. The Hall–Kier alpha value is -1.95. The molecule has 0 aromatic heterocycles. The van der Waals surface area contributed by atoms with Crippen LogP contribution in [0.3, 0.4) is 0 Å². The maximum atomic E-state index is 11.2. The highest BCUT2D eigenvalue weighted by Gasteiger charge is 2.25. The molecule has 1 aliphatic rings. The Labute approximate surface area is 146 Å². The van der Waals surface area contributed by atoms with Crippen LogP contribution < -0.4 is 9.80 Å². The third kappa shape index (κ3) is 4.32. The monoisotopic (exact) mass is 347 g/mol. The van der Waals surface area contributed by atoms with E-state index in [0.717, 1.165) is 38.3 Å². The number of nitrogens with zero attached hydrogens (tertiary/aromatic N) is 1. The Balaban J connectivity index is 1.58. The normalized spacial score (nSPS) is 20.7. The van der Waals surface area contributed by atoms with E-state index >= 15 is 0 Å². The van der Waals surface area contributed by atoms with E-state index in [9.17, 15) is 10.1 Å². The molecular formula is C18H22ClN3O2+2. The Bertz CT molecular complexity index is 701. The van der Waals surface area contributed by atoms with Crippen molar-refractivity contribution < 1.29 is 14.7 Å². The van der Waals surface area contributed by atoms with Gasteiger partial charge in [0.1, 0.15) is 39.3 Å². The van der Waals surface area contributed by atoms with Crippen LogP contribution in [0.15, 0.2) is 48.5 Å². The average Bonchev–Trinajstić information content (AvgIpc) is 2.57. The third-order valence-electron chi connectivity index (χ3n) is 4.64. The van der Waals surface area contributed by atoms with Gasteiger partial charge in [-0.25, -0.2) is 0 Å². The van der Waals surface area contributed by atoms with Crippen molar-refractivity contribution in [3.8, 4) is 0 Å². The number of halogens is 1. The van der Waals surface area contributed by atoms with Gasteiger partial charge in [-0.1, -0.05) is 41.9 Å². The summed E-state index contributed by atoms with van der Waals surface area (Å²) in [5.74, 6) is 0. The van der Waals surface area contributed by atoms with Crippen LogP contribution >= 0.6 is 11.6 Å². The van der Waals surface area contributed by atoms with Crippen molar-refractivity contribution in [1.29, 1.82) is 0 Å². The summed E-state index contributed by atoms with van der Waals surface area (Å²) < 4.78 is 0. The minimum atomic E-state index is -0.317. The van der Waals surface area contributed by atoms with Crippen molar-refractivity contribution in [3.63, 3.8) is 0 Å². The van der Waals surface area contributed by atoms with Gasteiger partial charge < -0.3 is 9.80 Å². The summed E-state index contributed by atoms with van der Waals surface area (Å²) in [6, 6.07) is 15.4. The van der Waals surface area contributed by atoms with Gasteiger partial charge in [-0.3, -0.25) is 10.1 Å². The number of nitrogens with one attached hydrogen (secondary N) is 2. The van der Waals surface area contributed by atoms with Gasteiger partial charge in [0.05, 0.1) is 10.5 Å². The van der Waals surface area contributed by atoms with Crippen molar-refractivity contribution in [3.05, 3.63) is 74.8 Å². The van der Waals surface area contributed by atoms with Gasteiger partial charge in [0, 0.05) is 16.7 Å². The fourth-order valence-electron chi connectivity index (χ4n) is 3.34. The number of rotatable bonds is 5. The molecule has 24 heavy (non-hydrogen) atoms. The fraction of sp³-hybridized carbons (Fsp3) is 0.333. The molecular weight excluding hydrogens is 326 g/mol. The molecule has 0 spiro atoms. The topological polar surface area (TPSA) is 52.0 Å². The predicted molar refractivity (Wildman–Crippen MR) is 93.3 cm³/mol. The van der Waals surface area contributed by atoms with Crippen molar-refractivity contribution in [2.75, 3.05) is 26.2 Å². The van der Waals surface area contributed by atoms with E-state index in [1.54, 1.807) is 17.0 Å². The third-order valence-corrected chi connectivity index (χ3v) is 4.87. The molecule has 5 nitrogen and oxygen atoms in total. The van der Waals surface area contributed by atoms with Crippen LogP contribution in [0.2, 0.25) is 5.02 Å². The quantitative estimate of drug-likeness (QED) is 0.619. The minimum Gasteiger partial charge on any atom is -0.322 e. The highest BCUT2D eigenvalue weighted by molar-refractivity contribution is 6.30. The molecule has 0 saturated carbocycles. The van der Waals surface area contributed by atoms with E-state index < -0.39 is 0 Å². The molecule has 0 atom stereocenters. The van der Waals surface area contributed by atoms with Crippen LogP contribution in [-0.2, 0) is 13.1 Å². The van der Waals surface area contributed by atoms with Crippen molar-refractivity contribution in [2.24, 2.45) is 0 Å². The molecule has 2 aromatic carbocycles. The Morgan fingerprint density at radius 3 is 2.21 bits per heavy atom. The summed E-state index contributed by atoms with van der Waals surface area (Å²) in [6.45, 7) is 5.91. The molecule has 1 fully saturated rings. The van der Waals surface area contributed by atoms with Crippen molar-refractivity contribution in [1.82, 2.24) is 0 Å². The number of quaternary nitrogens is 2. The molecule has 0 aliphatic carbocycles. The summed E-state index contributed by atoms with van der Waals surface area (Å²) in [6.07, 6.45) is 0. The molecule has 0 unspecified atom stereocenters. The number of nitro benzene ring substituents is 1. The van der Waals surface area contributed by atoms with E-state index in [4.69, 9.17) is 11.6 Å². The molecule has 126 valence electrons. The van der Waals surface area contributed by atoms with Crippen LogP contribution in [0.25, 0.3) is 0 Å². The predicted octanol–water partition coefficient (Wildman–Crippen LogP) is 0.732. The van der Waals surface area contributed by atoms with Crippen LogP contribution in [0.1, 0.15) is 11.1 Å². The first-order chi connectivity index (χ1) is 11.6. The highest BCUT2D eigenvalue weighted by Crippen LogP contribution is 2.21. The Kier molecular flexibility index (Phi) is 5.45. The standard InChI is InChI=1S/C18H20ClN3O2/c19-17-6-7-18(22(23)24)16(12-17)14-21-10-8-20(9-11-21)13-15-4-2-1-3-5-15/h1-7,12H,8-11,13-14H2/p+2. The Morgan fingerprint density at radius 1 is 0.958 bits per heavy atom. The van der Waals surface area contributed by atoms with Crippen LogP contribution in [0, 0.1) is 10.1 Å². The average molecular weight is 348 g/mol. The molecule has 6 heteroatoms. The van der Waals surface area contributed by atoms with E-state index in [1.165, 1.54) is 16.5 Å². The molecule has 0 radical (unpaired) electrons. The molecule has 1 saturated heterocycles. The van der Waals surface area contributed by atoms with Crippen molar-refractivity contribution in [2.45, 2.75) is 13.1 Å². The van der Waals surface area contributed by atoms with Gasteiger partial charge in [-0.15, -0.1) is 0 Å². The van der Waals surface area contributed by atoms with Gasteiger partial charge in [-0.05, 0) is 12.1 Å². The second-order valence-corrected chi connectivity index (χ2v) is 6.81. The van der Waals surface area contributed by atoms with Gasteiger partial charge >= 0.3 is 0 Å². The number of benzene rings is 2. The van der Waals surface area contributed by atoms with E-state index in [0.29, 0.717) is 11.6 Å². The lowest BCUT2D eigenvalue weighted by atomic mass is 10.1. The van der Waals surface area contributed by atoms with Crippen molar-refractivity contribution >= 4 is 17.3 Å². The van der Waals surface area contributed by atoms with Gasteiger partial charge in [0.25, 0.3) is 5.69 Å². The van der Waals surface area contributed by atoms with Crippen LogP contribution in [0.5, 0.6) is 0 Å². The summed E-state index contributed by atoms with van der Waals surface area (Å²) >= 11 is 6.02. The summed E-state index contributed by atoms with van der Waals surface area (Å²) in [4.78, 5) is 13.8. The molecule has 1 aliphatic heterocycles. The van der Waals surface area contributed by atoms with Gasteiger partial charge in [-0.2, -0.15) is 0 Å².